The van der Waals surface area contributed by atoms with Gasteiger partial charge in [-0.05, 0) is 18.2 Å². The SMILES string of the molecule is O=C1CNCC(=O)N1Cc1cc(Cl)ccc1F. The molecular formula is C11H10ClFN2O2. The Balaban J connectivity index is 2.21. The van der Waals surface area contributed by atoms with E-state index in [4.69, 9.17) is 11.6 Å². The van der Waals surface area contributed by atoms with E-state index in [-0.39, 0.29) is 37.0 Å². The average Bonchev–Trinajstić information content (AvgIpc) is 2.28. The molecule has 1 fully saturated rings. The van der Waals surface area contributed by atoms with Crippen molar-refractivity contribution in [3.05, 3.63) is 34.6 Å². The Hall–Kier alpha value is -1.46. The van der Waals surface area contributed by atoms with Crippen molar-refractivity contribution in [1.29, 1.82) is 0 Å². The summed E-state index contributed by atoms with van der Waals surface area (Å²) in [6.07, 6.45) is 0. The topological polar surface area (TPSA) is 49.4 Å². The van der Waals surface area contributed by atoms with Gasteiger partial charge in [-0.3, -0.25) is 19.8 Å². The van der Waals surface area contributed by atoms with Crippen LogP contribution in [-0.2, 0) is 16.1 Å². The number of hydrogen-bond donors (Lipinski definition) is 1. The lowest BCUT2D eigenvalue weighted by molar-refractivity contribution is -0.147. The lowest BCUT2D eigenvalue weighted by atomic mass is 10.2. The largest absolute Gasteiger partial charge is 0.300 e. The van der Waals surface area contributed by atoms with Crippen molar-refractivity contribution in [3.63, 3.8) is 0 Å². The Labute approximate surface area is 102 Å². The number of piperazine rings is 1. The Morgan fingerprint density at radius 1 is 1.29 bits per heavy atom. The molecule has 1 saturated heterocycles. The van der Waals surface area contributed by atoms with E-state index < -0.39 is 5.82 Å². The van der Waals surface area contributed by atoms with Gasteiger partial charge in [-0.25, -0.2) is 4.39 Å². The standard InChI is InChI=1S/C11H10ClFN2O2/c12-8-1-2-9(13)7(3-8)6-15-10(16)4-14-5-11(15)17/h1-3,14H,4-6H2. The summed E-state index contributed by atoms with van der Waals surface area (Å²) in [5, 5.41) is 3.04. The van der Waals surface area contributed by atoms with Crippen molar-refractivity contribution in [2.24, 2.45) is 0 Å². The molecule has 1 heterocycles. The van der Waals surface area contributed by atoms with E-state index in [1.54, 1.807) is 0 Å². The molecular weight excluding hydrogens is 247 g/mol. The molecule has 0 radical (unpaired) electrons. The van der Waals surface area contributed by atoms with Crippen LogP contribution >= 0.6 is 11.6 Å². The molecule has 0 spiro atoms. The summed E-state index contributed by atoms with van der Waals surface area (Å²) in [5.74, 6) is -1.20. The number of nitrogens with one attached hydrogen (secondary N) is 1. The molecule has 1 aromatic carbocycles. The zero-order valence-electron chi connectivity index (χ0n) is 8.87. The fraction of sp³-hybridized carbons (Fsp3) is 0.273. The minimum atomic E-state index is -0.478. The molecule has 90 valence electrons. The quantitative estimate of drug-likeness (QED) is 0.801. The lowest BCUT2D eigenvalue weighted by Gasteiger charge is -2.25. The molecule has 4 nitrogen and oxygen atoms in total. The Kier molecular flexibility index (Phi) is 3.40. The number of carbonyl (C=O) groups is 2. The number of imide groups is 1. The maximum atomic E-state index is 13.5. The van der Waals surface area contributed by atoms with E-state index in [9.17, 15) is 14.0 Å². The smallest absolute Gasteiger partial charge is 0.243 e. The van der Waals surface area contributed by atoms with Gasteiger partial charge in [-0.15, -0.1) is 0 Å². The minimum absolute atomic E-state index is 0.0776. The average molecular weight is 257 g/mol. The second kappa shape index (κ2) is 4.81. The molecule has 0 atom stereocenters. The lowest BCUT2D eigenvalue weighted by Crippen LogP contribution is -2.51. The van der Waals surface area contributed by atoms with Crippen LogP contribution in [-0.4, -0.2) is 29.8 Å². The molecule has 1 N–H and O–H groups in total. The van der Waals surface area contributed by atoms with Gasteiger partial charge in [-0.2, -0.15) is 0 Å². The Morgan fingerprint density at radius 2 is 1.94 bits per heavy atom. The number of amides is 2. The number of nitrogens with zero attached hydrogens (tertiary/aromatic N) is 1. The normalized spacial score (nSPS) is 16.5. The van der Waals surface area contributed by atoms with Crippen molar-refractivity contribution in [1.82, 2.24) is 10.2 Å². The van der Waals surface area contributed by atoms with Gasteiger partial charge in [-0.1, -0.05) is 11.6 Å². The highest BCUT2D eigenvalue weighted by atomic mass is 35.5. The van der Waals surface area contributed by atoms with E-state index in [2.05, 4.69) is 5.32 Å². The fourth-order valence-electron chi connectivity index (χ4n) is 1.62. The van der Waals surface area contributed by atoms with Gasteiger partial charge >= 0.3 is 0 Å². The van der Waals surface area contributed by atoms with Gasteiger partial charge in [0, 0.05) is 10.6 Å². The summed E-state index contributed by atoms with van der Waals surface area (Å²) in [6, 6.07) is 4.05. The van der Waals surface area contributed by atoms with E-state index in [1.165, 1.54) is 18.2 Å². The van der Waals surface area contributed by atoms with Crippen LogP contribution in [0.4, 0.5) is 4.39 Å². The molecule has 6 heteroatoms. The van der Waals surface area contributed by atoms with Crippen molar-refractivity contribution in [3.8, 4) is 0 Å². The van der Waals surface area contributed by atoms with Gasteiger partial charge in [0.15, 0.2) is 0 Å². The number of rotatable bonds is 2. The summed E-state index contributed by atoms with van der Waals surface area (Å²) in [6.45, 7) is 0.105. The summed E-state index contributed by atoms with van der Waals surface area (Å²) < 4.78 is 13.5. The second-order valence-electron chi connectivity index (χ2n) is 3.71. The van der Waals surface area contributed by atoms with Crippen molar-refractivity contribution >= 4 is 23.4 Å². The zero-order valence-corrected chi connectivity index (χ0v) is 9.63. The molecule has 0 unspecified atom stereocenters. The van der Waals surface area contributed by atoms with Crippen molar-refractivity contribution < 1.29 is 14.0 Å². The van der Waals surface area contributed by atoms with Crippen LogP contribution in [0.15, 0.2) is 18.2 Å². The van der Waals surface area contributed by atoms with Gasteiger partial charge in [0.25, 0.3) is 0 Å². The highest BCUT2D eigenvalue weighted by molar-refractivity contribution is 6.30. The third-order valence-corrected chi connectivity index (χ3v) is 2.73. The molecule has 17 heavy (non-hydrogen) atoms. The van der Waals surface area contributed by atoms with E-state index in [1.807, 2.05) is 0 Å². The first-order chi connectivity index (χ1) is 8.08. The predicted molar refractivity (Wildman–Crippen MR) is 59.8 cm³/mol. The number of benzene rings is 1. The summed E-state index contributed by atoms with van der Waals surface area (Å²) in [4.78, 5) is 24.0. The third kappa shape index (κ3) is 2.62. The Morgan fingerprint density at radius 3 is 2.59 bits per heavy atom. The maximum absolute atomic E-state index is 13.5. The Bertz CT molecular complexity index is 463. The first-order valence-corrected chi connectivity index (χ1v) is 5.43. The van der Waals surface area contributed by atoms with Crippen LogP contribution in [0.25, 0.3) is 0 Å². The van der Waals surface area contributed by atoms with E-state index >= 15 is 0 Å². The van der Waals surface area contributed by atoms with Gasteiger partial charge in [0.2, 0.25) is 11.8 Å². The first-order valence-electron chi connectivity index (χ1n) is 5.06. The van der Waals surface area contributed by atoms with Crippen LogP contribution in [0.3, 0.4) is 0 Å². The zero-order chi connectivity index (χ0) is 12.4. The third-order valence-electron chi connectivity index (χ3n) is 2.49. The second-order valence-corrected chi connectivity index (χ2v) is 4.15. The highest BCUT2D eigenvalue weighted by Gasteiger charge is 2.26. The van der Waals surface area contributed by atoms with E-state index in [0.717, 1.165) is 4.90 Å². The van der Waals surface area contributed by atoms with Gasteiger partial charge in [0.1, 0.15) is 5.82 Å². The fourth-order valence-corrected chi connectivity index (χ4v) is 1.81. The molecule has 1 aliphatic rings. The molecule has 2 amide bonds. The molecule has 0 aliphatic carbocycles. The summed E-state index contributed by atoms with van der Waals surface area (Å²) >= 11 is 5.74. The highest BCUT2D eigenvalue weighted by Crippen LogP contribution is 2.17. The molecule has 1 aromatic rings. The molecule has 0 aromatic heterocycles. The monoisotopic (exact) mass is 256 g/mol. The number of halogens is 2. The van der Waals surface area contributed by atoms with Crippen LogP contribution in [0, 0.1) is 5.82 Å². The van der Waals surface area contributed by atoms with Crippen LogP contribution in [0.2, 0.25) is 5.02 Å². The van der Waals surface area contributed by atoms with Crippen LogP contribution in [0.1, 0.15) is 5.56 Å². The molecule has 2 rings (SSSR count). The minimum Gasteiger partial charge on any atom is -0.300 e. The van der Waals surface area contributed by atoms with E-state index in [0.29, 0.717) is 5.02 Å². The number of hydrogen-bond acceptors (Lipinski definition) is 3. The van der Waals surface area contributed by atoms with Crippen molar-refractivity contribution in [2.75, 3.05) is 13.1 Å². The predicted octanol–water partition coefficient (Wildman–Crippen LogP) is 0.938. The molecule has 0 saturated carbocycles. The first kappa shape index (κ1) is 12.0. The number of carbonyl (C=O) groups excluding carboxylic acids is 2. The molecule has 1 aliphatic heterocycles. The van der Waals surface area contributed by atoms with Crippen LogP contribution in [0.5, 0.6) is 0 Å². The summed E-state index contributed by atoms with van der Waals surface area (Å²) in [5.41, 5.74) is 0.237. The van der Waals surface area contributed by atoms with Gasteiger partial charge < -0.3 is 0 Å². The van der Waals surface area contributed by atoms with Gasteiger partial charge in [0.05, 0.1) is 19.6 Å². The summed E-state index contributed by atoms with van der Waals surface area (Å²) in [7, 11) is 0. The van der Waals surface area contributed by atoms with Crippen molar-refractivity contribution in [2.45, 2.75) is 6.54 Å². The van der Waals surface area contributed by atoms with Crippen LogP contribution < -0.4 is 5.32 Å². The molecule has 0 bridgehead atoms. The maximum Gasteiger partial charge on any atom is 0.243 e.